The summed E-state index contributed by atoms with van der Waals surface area (Å²) in [5.41, 5.74) is 1.81. The minimum absolute atomic E-state index is 0.0183. The van der Waals surface area contributed by atoms with E-state index in [2.05, 4.69) is 26.8 Å². The van der Waals surface area contributed by atoms with Crippen LogP contribution in [-0.2, 0) is 18.4 Å². The fourth-order valence-corrected chi connectivity index (χ4v) is 4.45. The lowest BCUT2D eigenvalue weighted by atomic mass is 10.2. The summed E-state index contributed by atoms with van der Waals surface area (Å²) in [6, 6.07) is 15.2. The Morgan fingerprint density at radius 3 is 2.51 bits per heavy atom. The van der Waals surface area contributed by atoms with Crippen molar-refractivity contribution in [2.75, 3.05) is 11.1 Å². The summed E-state index contributed by atoms with van der Waals surface area (Å²) in [6.45, 7) is 2.97. The number of hydrogen-bond acceptors (Lipinski definition) is 6. The van der Waals surface area contributed by atoms with E-state index in [0.717, 1.165) is 11.8 Å². The molecule has 4 aromatic rings. The van der Waals surface area contributed by atoms with Gasteiger partial charge in [-0.05, 0) is 43.3 Å². The van der Waals surface area contributed by atoms with Gasteiger partial charge in [0.15, 0.2) is 11.0 Å². The molecule has 0 atom stereocenters. The van der Waals surface area contributed by atoms with Crippen molar-refractivity contribution in [3.05, 3.63) is 83.3 Å². The summed E-state index contributed by atoms with van der Waals surface area (Å²) < 4.78 is 34.2. The van der Waals surface area contributed by atoms with Gasteiger partial charge in [0.05, 0.1) is 17.1 Å². The Bertz CT molecular complexity index is 1460. The molecule has 0 fully saturated rings. The normalized spacial score (nSPS) is 11.1. The van der Waals surface area contributed by atoms with Crippen molar-refractivity contribution in [1.29, 1.82) is 0 Å². The summed E-state index contributed by atoms with van der Waals surface area (Å²) in [5.74, 6) is 0.118. The first-order chi connectivity index (χ1) is 17.8. The average molecular weight is 527 g/mol. The Morgan fingerprint density at radius 2 is 1.86 bits per heavy atom. The number of carbonyl (C=O) groups is 1. The van der Waals surface area contributed by atoms with Crippen LogP contribution in [0.25, 0.3) is 17.1 Å². The molecule has 2 aromatic heterocycles. The lowest BCUT2D eigenvalue weighted by Crippen LogP contribution is -2.23. The number of allylic oxidation sites excluding steroid dienone is 1. The van der Waals surface area contributed by atoms with E-state index >= 15 is 0 Å². The van der Waals surface area contributed by atoms with E-state index in [0.29, 0.717) is 34.5 Å². The number of carbonyl (C=O) groups excluding carboxylic acids is 1. The topological polar surface area (TPSA) is 96.0 Å². The fraction of sp³-hybridized carbons (Fsp3) is 0.200. The maximum Gasteiger partial charge on any atom is 0.387 e. The highest BCUT2D eigenvalue weighted by Gasteiger charge is 2.20. The van der Waals surface area contributed by atoms with Gasteiger partial charge in [0, 0.05) is 19.2 Å². The first-order valence-electron chi connectivity index (χ1n) is 11.2. The predicted octanol–water partition coefficient (Wildman–Crippen LogP) is 4.26. The predicted molar refractivity (Wildman–Crippen MR) is 137 cm³/mol. The quantitative estimate of drug-likeness (QED) is 0.245. The van der Waals surface area contributed by atoms with Gasteiger partial charge < -0.3 is 10.1 Å². The van der Waals surface area contributed by atoms with Crippen LogP contribution in [0.2, 0.25) is 0 Å². The molecular weight excluding hydrogens is 502 g/mol. The number of alkyl halides is 2. The third-order valence-corrected chi connectivity index (χ3v) is 6.48. The average Bonchev–Trinajstić information content (AvgIpc) is 3.37. The minimum atomic E-state index is -2.91. The molecule has 0 spiro atoms. The SMILES string of the molecule is C=CCn1c(SCC(=O)Nc2c(C)n(C)n(-c3ccccc3)c2=O)nnc1-c1ccc(OC(F)F)cc1. The van der Waals surface area contributed by atoms with Crippen LogP contribution in [0.3, 0.4) is 0 Å². The van der Waals surface area contributed by atoms with E-state index in [4.69, 9.17) is 0 Å². The Labute approximate surface area is 215 Å². The molecule has 1 amide bonds. The third kappa shape index (κ3) is 5.64. The fourth-order valence-electron chi connectivity index (χ4n) is 3.71. The molecule has 0 aliphatic carbocycles. The van der Waals surface area contributed by atoms with Crippen molar-refractivity contribution in [3.8, 4) is 22.8 Å². The molecule has 2 heterocycles. The van der Waals surface area contributed by atoms with Gasteiger partial charge in [-0.25, -0.2) is 4.68 Å². The van der Waals surface area contributed by atoms with Crippen LogP contribution in [-0.4, -0.2) is 42.4 Å². The summed E-state index contributed by atoms with van der Waals surface area (Å²) in [7, 11) is 1.75. The van der Waals surface area contributed by atoms with Crippen molar-refractivity contribution in [1.82, 2.24) is 24.1 Å². The summed E-state index contributed by atoms with van der Waals surface area (Å²) >= 11 is 1.15. The zero-order valence-corrected chi connectivity index (χ0v) is 20.9. The number of ether oxygens (including phenoxy) is 1. The van der Waals surface area contributed by atoms with E-state index in [9.17, 15) is 18.4 Å². The molecule has 0 aliphatic heterocycles. The van der Waals surface area contributed by atoms with Crippen LogP contribution < -0.4 is 15.6 Å². The molecule has 0 radical (unpaired) electrons. The number of para-hydroxylation sites is 1. The van der Waals surface area contributed by atoms with Crippen molar-refractivity contribution >= 4 is 23.4 Å². The van der Waals surface area contributed by atoms with Gasteiger partial charge in [-0.1, -0.05) is 36.0 Å². The highest BCUT2D eigenvalue weighted by Crippen LogP contribution is 2.26. The molecule has 192 valence electrons. The number of anilines is 1. The molecule has 1 N–H and O–H groups in total. The van der Waals surface area contributed by atoms with Gasteiger partial charge in [-0.3, -0.25) is 18.8 Å². The van der Waals surface area contributed by atoms with Crippen molar-refractivity contribution < 1.29 is 18.3 Å². The van der Waals surface area contributed by atoms with Crippen molar-refractivity contribution in [2.24, 2.45) is 7.05 Å². The minimum Gasteiger partial charge on any atom is -0.435 e. The molecule has 0 aliphatic rings. The molecule has 0 saturated heterocycles. The number of amides is 1. The second-order valence-corrected chi connectivity index (χ2v) is 8.82. The molecule has 0 saturated carbocycles. The third-order valence-electron chi connectivity index (χ3n) is 5.52. The maximum atomic E-state index is 13.0. The number of nitrogens with zero attached hydrogens (tertiary/aromatic N) is 5. The number of halogens is 2. The summed E-state index contributed by atoms with van der Waals surface area (Å²) in [4.78, 5) is 25.8. The molecule has 2 aromatic carbocycles. The van der Waals surface area contributed by atoms with E-state index in [1.807, 2.05) is 30.3 Å². The number of aromatic nitrogens is 5. The first-order valence-corrected chi connectivity index (χ1v) is 12.1. The highest BCUT2D eigenvalue weighted by molar-refractivity contribution is 7.99. The summed E-state index contributed by atoms with van der Waals surface area (Å²) in [6.07, 6.45) is 1.66. The van der Waals surface area contributed by atoms with Crippen LogP contribution >= 0.6 is 11.8 Å². The molecule has 9 nitrogen and oxygen atoms in total. The van der Waals surface area contributed by atoms with Crippen LogP contribution in [0.1, 0.15) is 5.69 Å². The highest BCUT2D eigenvalue weighted by atomic mass is 32.2. The number of rotatable bonds is 10. The lowest BCUT2D eigenvalue weighted by molar-refractivity contribution is -0.113. The molecule has 37 heavy (non-hydrogen) atoms. The Hall–Kier alpha value is -4.19. The number of thioether (sulfide) groups is 1. The Kier molecular flexibility index (Phi) is 7.87. The van der Waals surface area contributed by atoms with Crippen LogP contribution in [0.5, 0.6) is 5.75 Å². The van der Waals surface area contributed by atoms with Crippen LogP contribution in [0.4, 0.5) is 14.5 Å². The molecule has 0 bridgehead atoms. The van der Waals surface area contributed by atoms with Gasteiger partial charge in [0.25, 0.3) is 5.56 Å². The Morgan fingerprint density at radius 1 is 1.16 bits per heavy atom. The molecule has 0 unspecified atom stereocenters. The van der Waals surface area contributed by atoms with E-state index in [1.165, 1.54) is 16.8 Å². The van der Waals surface area contributed by atoms with Crippen LogP contribution in [0, 0.1) is 6.92 Å². The monoisotopic (exact) mass is 526 g/mol. The first kappa shape index (κ1) is 25.9. The second kappa shape index (κ2) is 11.2. The van der Waals surface area contributed by atoms with Gasteiger partial charge >= 0.3 is 6.61 Å². The van der Waals surface area contributed by atoms with E-state index in [1.54, 1.807) is 41.4 Å². The van der Waals surface area contributed by atoms with Crippen LogP contribution in [0.15, 0.2) is 77.2 Å². The summed E-state index contributed by atoms with van der Waals surface area (Å²) in [5, 5.41) is 11.6. The van der Waals surface area contributed by atoms with Gasteiger partial charge in [0.1, 0.15) is 11.4 Å². The number of nitrogens with one attached hydrogen (secondary N) is 1. The number of benzene rings is 2. The standard InChI is InChI=1S/C25H24F2N6O3S/c1-4-14-32-22(17-10-12-19(13-11-17)36-24(26)27)29-30-25(32)37-15-20(34)28-21-16(2)31(3)33(23(21)35)18-8-6-5-7-9-18/h4-13,24H,1,14-15H2,2-3H3,(H,28,34). The lowest BCUT2D eigenvalue weighted by Gasteiger charge is -2.09. The molecular formula is C25H24F2N6O3S. The van der Waals surface area contributed by atoms with Gasteiger partial charge in [0.2, 0.25) is 5.91 Å². The van der Waals surface area contributed by atoms with Gasteiger partial charge in [-0.15, -0.1) is 16.8 Å². The maximum absolute atomic E-state index is 13.0. The van der Waals surface area contributed by atoms with Gasteiger partial charge in [-0.2, -0.15) is 8.78 Å². The largest absolute Gasteiger partial charge is 0.435 e. The smallest absolute Gasteiger partial charge is 0.387 e. The molecule has 4 rings (SSSR count). The number of hydrogen-bond donors (Lipinski definition) is 1. The second-order valence-electron chi connectivity index (χ2n) is 7.88. The zero-order valence-electron chi connectivity index (χ0n) is 20.1. The van der Waals surface area contributed by atoms with Crippen molar-refractivity contribution in [2.45, 2.75) is 25.2 Å². The van der Waals surface area contributed by atoms with Crippen molar-refractivity contribution in [3.63, 3.8) is 0 Å². The van der Waals surface area contributed by atoms with E-state index < -0.39 is 6.61 Å². The zero-order chi connectivity index (χ0) is 26.5. The molecule has 12 heteroatoms. The van der Waals surface area contributed by atoms with E-state index in [-0.39, 0.29) is 28.7 Å². The Balaban J connectivity index is 1.49.